The zero-order chi connectivity index (χ0) is 12.1. The Bertz CT molecular complexity index is 432. The molecular formula is C13H16N2O. The fourth-order valence-electron chi connectivity index (χ4n) is 1.42. The van der Waals surface area contributed by atoms with Crippen LogP contribution >= 0.6 is 0 Å². The van der Waals surface area contributed by atoms with Gasteiger partial charge in [0.1, 0.15) is 6.04 Å². The van der Waals surface area contributed by atoms with Gasteiger partial charge in [-0.25, -0.2) is 0 Å². The molecule has 1 rings (SSSR count). The van der Waals surface area contributed by atoms with E-state index in [9.17, 15) is 4.79 Å². The number of carbonyl (C=O) groups is 1. The Morgan fingerprint density at radius 3 is 2.69 bits per heavy atom. The maximum Gasteiger partial charge on any atom is 0.225 e. The summed E-state index contributed by atoms with van der Waals surface area (Å²) < 4.78 is 0. The first-order valence-corrected chi connectivity index (χ1v) is 5.28. The maximum absolute atomic E-state index is 11.5. The zero-order valence-electron chi connectivity index (χ0n) is 9.87. The van der Waals surface area contributed by atoms with Gasteiger partial charge in [0, 0.05) is 0 Å². The van der Waals surface area contributed by atoms with E-state index in [4.69, 9.17) is 5.26 Å². The number of hydrogen-bond donors (Lipinski definition) is 1. The van der Waals surface area contributed by atoms with Crippen molar-refractivity contribution in [2.24, 2.45) is 0 Å². The summed E-state index contributed by atoms with van der Waals surface area (Å²) in [5.74, 6) is -0.114. The third-order valence-electron chi connectivity index (χ3n) is 2.51. The molecule has 1 aromatic rings. The van der Waals surface area contributed by atoms with Gasteiger partial charge in [0.05, 0.1) is 12.5 Å². The number of rotatable bonds is 3. The van der Waals surface area contributed by atoms with Crippen LogP contribution in [0.3, 0.4) is 0 Å². The number of nitrogens with one attached hydrogen (secondary N) is 1. The monoisotopic (exact) mass is 216 g/mol. The van der Waals surface area contributed by atoms with Gasteiger partial charge in [0.25, 0.3) is 0 Å². The summed E-state index contributed by atoms with van der Waals surface area (Å²) in [5, 5.41) is 11.2. The zero-order valence-corrected chi connectivity index (χ0v) is 9.87. The first-order valence-electron chi connectivity index (χ1n) is 5.28. The Morgan fingerprint density at radius 2 is 2.12 bits per heavy atom. The minimum absolute atomic E-state index is 0.114. The molecule has 1 atom stereocenters. The van der Waals surface area contributed by atoms with E-state index in [1.807, 2.05) is 38.1 Å². The van der Waals surface area contributed by atoms with Crippen LogP contribution in [0.5, 0.6) is 0 Å². The van der Waals surface area contributed by atoms with Crippen LogP contribution in [0, 0.1) is 25.2 Å². The highest BCUT2D eigenvalue weighted by molar-refractivity contribution is 5.79. The van der Waals surface area contributed by atoms with Gasteiger partial charge in [-0.1, -0.05) is 18.2 Å². The van der Waals surface area contributed by atoms with Crippen molar-refractivity contribution >= 4 is 5.91 Å². The van der Waals surface area contributed by atoms with E-state index >= 15 is 0 Å². The summed E-state index contributed by atoms with van der Waals surface area (Å²) in [6.07, 6.45) is 0.327. The van der Waals surface area contributed by atoms with Gasteiger partial charge in [-0.3, -0.25) is 4.79 Å². The molecule has 0 aliphatic carbocycles. The van der Waals surface area contributed by atoms with Crippen molar-refractivity contribution in [1.29, 1.82) is 5.26 Å². The third-order valence-corrected chi connectivity index (χ3v) is 2.51. The minimum Gasteiger partial charge on any atom is -0.340 e. The first-order chi connectivity index (χ1) is 7.52. The SMILES string of the molecule is Cc1ccc(CC(=O)NC(C)C#N)cc1C. The van der Waals surface area contributed by atoms with Crippen LogP contribution in [0.2, 0.25) is 0 Å². The number of nitrogens with zero attached hydrogens (tertiary/aromatic N) is 1. The van der Waals surface area contributed by atoms with Gasteiger partial charge in [-0.2, -0.15) is 5.26 Å². The quantitative estimate of drug-likeness (QED) is 0.838. The summed E-state index contributed by atoms with van der Waals surface area (Å²) in [4.78, 5) is 11.5. The highest BCUT2D eigenvalue weighted by Gasteiger charge is 2.07. The lowest BCUT2D eigenvalue weighted by Gasteiger charge is -2.07. The number of benzene rings is 1. The molecule has 0 saturated heterocycles. The van der Waals surface area contributed by atoms with E-state index in [-0.39, 0.29) is 5.91 Å². The first kappa shape index (κ1) is 12.3. The van der Waals surface area contributed by atoms with Gasteiger partial charge in [0.2, 0.25) is 5.91 Å². The van der Waals surface area contributed by atoms with Crippen molar-refractivity contribution in [1.82, 2.24) is 5.32 Å². The van der Waals surface area contributed by atoms with E-state index in [1.54, 1.807) is 6.92 Å². The standard InChI is InChI=1S/C13H16N2O/c1-9-4-5-12(6-10(9)2)7-13(16)15-11(3)8-14/h4-6,11H,7H2,1-3H3,(H,15,16). The van der Waals surface area contributed by atoms with E-state index in [1.165, 1.54) is 11.1 Å². The molecule has 1 unspecified atom stereocenters. The maximum atomic E-state index is 11.5. The molecule has 0 aliphatic heterocycles. The third kappa shape index (κ3) is 3.39. The predicted molar refractivity (Wildman–Crippen MR) is 62.8 cm³/mol. The molecule has 0 radical (unpaired) electrons. The Labute approximate surface area is 96.1 Å². The Morgan fingerprint density at radius 1 is 1.44 bits per heavy atom. The van der Waals surface area contributed by atoms with Crippen molar-refractivity contribution in [3.8, 4) is 6.07 Å². The Hall–Kier alpha value is -1.82. The molecule has 84 valence electrons. The molecule has 0 aromatic heterocycles. The summed E-state index contributed by atoms with van der Waals surface area (Å²) in [5.41, 5.74) is 3.37. The second-order valence-electron chi connectivity index (χ2n) is 4.01. The lowest BCUT2D eigenvalue weighted by atomic mass is 10.0. The van der Waals surface area contributed by atoms with Crippen LogP contribution in [-0.4, -0.2) is 11.9 Å². The van der Waals surface area contributed by atoms with E-state index in [0.717, 1.165) is 5.56 Å². The molecule has 3 nitrogen and oxygen atoms in total. The van der Waals surface area contributed by atoms with E-state index < -0.39 is 6.04 Å². The van der Waals surface area contributed by atoms with Crippen LogP contribution < -0.4 is 5.32 Å². The molecule has 3 heteroatoms. The Balaban J connectivity index is 2.64. The van der Waals surface area contributed by atoms with E-state index in [2.05, 4.69) is 5.32 Å². The van der Waals surface area contributed by atoms with Crippen LogP contribution in [0.4, 0.5) is 0 Å². The lowest BCUT2D eigenvalue weighted by Crippen LogP contribution is -2.32. The number of hydrogen-bond acceptors (Lipinski definition) is 2. The van der Waals surface area contributed by atoms with Gasteiger partial charge in [0.15, 0.2) is 0 Å². The predicted octanol–water partition coefficient (Wildman–Crippen LogP) is 1.87. The average molecular weight is 216 g/mol. The average Bonchev–Trinajstić information content (AvgIpc) is 2.23. The molecule has 1 N–H and O–H groups in total. The van der Waals surface area contributed by atoms with Crippen LogP contribution in [0.25, 0.3) is 0 Å². The van der Waals surface area contributed by atoms with Crippen LogP contribution in [0.1, 0.15) is 23.6 Å². The number of aryl methyl sites for hydroxylation is 2. The van der Waals surface area contributed by atoms with Crippen molar-refractivity contribution in [2.45, 2.75) is 33.2 Å². The summed E-state index contributed by atoms with van der Waals surface area (Å²) in [6, 6.07) is 7.49. The Kier molecular flexibility index (Phi) is 4.07. The van der Waals surface area contributed by atoms with Crippen LogP contribution in [0.15, 0.2) is 18.2 Å². The molecule has 0 aliphatic rings. The summed E-state index contributed by atoms with van der Waals surface area (Å²) in [7, 11) is 0. The molecule has 16 heavy (non-hydrogen) atoms. The highest BCUT2D eigenvalue weighted by atomic mass is 16.1. The lowest BCUT2D eigenvalue weighted by molar-refractivity contribution is -0.120. The van der Waals surface area contributed by atoms with Crippen molar-refractivity contribution in [3.63, 3.8) is 0 Å². The number of amides is 1. The topological polar surface area (TPSA) is 52.9 Å². The summed E-state index contributed by atoms with van der Waals surface area (Å²) in [6.45, 7) is 5.73. The smallest absolute Gasteiger partial charge is 0.225 e. The second-order valence-corrected chi connectivity index (χ2v) is 4.01. The molecule has 0 bridgehead atoms. The number of carbonyl (C=O) groups excluding carboxylic acids is 1. The molecular weight excluding hydrogens is 200 g/mol. The fourth-order valence-corrected chi connectivity index (χ4v) is 1.42. The highest BCUT2D eigenvalue weighted by Crippen LogP contribution is 2.10. The largest absolute Gasteiger partial charge is 0.340 e. The van der Waals surface area contributed by atoms with Crippen LogP contribution in [-0.2, 0) is 11.2 Å². The summed E-state index contributed by atoms with van der Waals surface area (Å²) >= 11 is 0. The minimum atomic E-state index is -0.431. The molecule has 1 amide bonds. The number of nitriles is 1. The van der Waals surface area contributed by atoms with Gasteiger partial charge >= 0.3 is 0 Å². The van der Waals surface area contributed by atoms with Gasteiger partial charge in [-0.05, 0) is 37.5 Å². The second kappa shape index (κ2) is 5.32. The fraction of sp³-hybridized carbons (Fsp3) is 0.385. The molecule has 1 aromatic carbocycles. The molecule has 0 fully saturated rings. The van der Waals surface area contributed by atoms with Crippen molar-refractivity contribution in [2.75, 3.05) is 0 Å². The molecule has 0 saturated carbocycles. The van der Waals surface area contributed by atoms with Gasteiger partial charge < -0.3 is 5.32 Å². The van der Waals surface area contributed by atoms with Crippen molar-refractivity contribution < 1.29 is 4.79 Å². The molecule has 0 spiro atoms. The van der Waals surface area contributed by atoms with Crippen molar-refractivity contribution in [3.05, 3.63) is 34.9 Å². The van der Waals surface area contributed by atoms with Gasteiger partial charge in [-0.15, -0.1) is 0 Å². The van der Waals surface area contributed by atoms with E-state index in [0.29, 0.717) is 6.42 Å². The normalized spacial score (nSPS) is 11.6. The molecule has 0 heterocycles.